The van der Waals surface area contributed by atoms with Crippen molar-refractivity contribution in [2.75, 3.05) is 13.2 Å². The number of carbonyl (C=O) groups is 2. The van der Waals surface area contributed by atoms with Gasteiger partial charge in [0.15, 0.2) is 5.41 Å². The molecule has 1 aromatic rings. The van der Waals surface area contributed by atoms with Crippen molar-refractivity contribution in [3.8, 4) is 0 Å². The maximum absolute atomic E-state index is 12.7. The molecule has 0 unspecified atom stereocenters. The van der Waals surface area contributed by atoms with Crippen LogP contribution in [0, 0.1) is 5.41 Å². The number of ether oxygens (including phenoxy) is 2. The van der Waals surface area contributed by atoms with E-state index in [0.717, 1.165) is 31.2 Å². The van der Waals surface area contributed by atoms with Crippen LogP contribution >= 0.6 is 0 Å². The summed E-state index contributed by atoms with van der Waals surface area (Å²) in [4.78, 5) is 25.5. The lowest BCUT2D eigenvalue weighted by Gasteiger charge is -2.29. The zero-order valence-corrected chi connectivity index (χ0v) is 15.2. The highest BCUT2D eigenvalue weighted by Crippen LogP contribution is 2.33. The minimum Gasteiger partial charge on any atom is -0.465 e. The molecular formula is C20H30O4. The van der Waals surface area contributed by atoms with Gasteiger partial charge in [-0.25, -0.2) is 0 Å². The van der Waals surface area contributed by atoms with E-state index >= 15 is 0 Å². The largest absolute Gasteiger partial charge is 0.465 e. The Morgan fingerprint density at radius 3 is 1.96 bits per heavy atom. The Bertz CT molecular complexity index is 478. The van der Waals surface area contributed by atoms with E-state index < -0.39 is 17.4 Å². The summed E-state index contributed by atoms with van der Waals surface area (Å²) in [6.45, 7) is 6.15. The van der Waals surface area contributed by atoms with Crippen molar-refractivity contribution in [3.63, 3.8) is 0 Å². The van der Waals surface area contributed by atoms with E-state index in [-0.39, 0.29) is 13.2 Å². The standard InChI is InChI=1S/C20H30O4/c1-4-7-8-12-15-20(18(21)23-5-2,19(22)24-6-3)16-17-13-10-9-11-14-17/h9-11,13-14H,4-8,12,15-16H2,1-3H3. The fourth-order valence-corrected chi connectivity index (χ4v) is 2.86. The minimum atomic E-state index is -1.25. The van der Waals surface area contributed by atoms with Gasteiger partial charge in [-0.2, -0.15) is 0 Å². The second-order valence-corrected chi connectivity index (χ2v) is 6.00. The zero-order chi connectivity index (χ0) is 17.8. The Hall–Kier alpha value is -1.84. The topological polar surface area (TPSA) is 52.6 Å². The van der Waals surface area contributed by atoms with E-state index in [4.69, 9.17) is 9.47 Å². The van der Waals surface area contributed by atoms with Gasteiger partial charge in [0.1, 0.15) is 0 Å². The highest BCUT2D eigenvalue weighted by atomic mass is 16.6. The van der Waals surface area contributed by atoms with Crippen molar-refractivity contribution in [2.24, 2.45) is 5.41 Å². The fraction of sp³-hybridized carbons (Fsp3) is 0.600. The highest BCUT2D eigenvalue weighted by Gasteiger charge is 2.48. The zero-order valence-electron chi connectivity index (χ0n) is 15.2. The predicted octanol–water partition coefficient (Wildman–Crippen LogP) is 4.31. The van der Waals surface area contributed by atoms with E-state index in [9.17, 15) is 9.59 Å². The number of carbonyl (C=O) groups excluding carboxylic acids is 2. The smallest absolute Gasteiger partial charge is 0.323 e. The Balaban J connectivity index is 3.09. The lowest BCUT2D eigenvalue weighted by molar-refractivity contribution is -0.172. The Labute approximate surface area is 145 Å². The van der Waals surface area contributed by atoms with Crippen molar-refractivity contribution in [1.29, 1.82) is 0 Å². The van der Waals surface area contributed by atoms with Crippen LogP contribution in [0.2, 0.25) is 0 Å². The van der Waals surface area contributed by atoms with E-state index in [1.807, 2.05) is 30.3 Å². The number of benzene rings is 1. The van der Waals surface area contributed by atoms with Crippen molar-refractivity contribution < 1.29 is 19.1 Å². The van der Waals surface area contributed by atoms with Gasteiger partial charge < -0.3 is 9.47 Å². The Kier molecular flexibility index (Phi) is 9.13. The van der Waals surface area contributed by atoms with Crippen molar-refractivity contribution in [1.82, 2.24) is 0 Å². The fourth-order valence-electron chi connectivity index (χ4n) is 2.86. The summed E-state index contributed by atoms with van der Waals surface area (Å²) in [6, 6.07) is 9.60. The summed E-state index contributed by atoms with van der Waals surface area (Å²) in [5.41, 5.74) is -0.310. The first-order valence-corrected chi connectivity index (χ1v) is 8.99. The normalized spacial score (nSPS) is 11.1. The van der Waals surface area contributed by atoms with Gasteiger partial charge in [0.2, 0.25) is 0 Å². The molecule has 0 aliphatic carbocycles. The molecule has 1 rings (SSSR count). The molecule has 24 heavy (non-hydrogen) atoms. The van der Waals surface area contributed by atoms with E-state index in [1.165, 1.54) is 0 Å². The van der Waals surface area contributed by atoms with Gasteiger partial charge >= 0.3 is 11.9 Å². The van der Waals surface area contributed by atoms with Gasteiger partial charge in [-0.3, -0.25) is 9.59 Å². The second kappa shape index (κ2) is 10.8. The molecule has 0 aromatic heterocycles. The molecule has 4 heteroatoms. The molecule has 0 spiro atoms. The lowest BCUT2D eigenvalue weighted by Crippen LogP contribution is -2.44. The van der Waals surface area contributed by atoms with Crippen LogP contribution in [0.5, 0.6) is 0 Å². The third-order valence-electron chi connectivity index (χ3n) is 4.14. The molecule has 0 heterocycles. The first kappa shape index (κ1) is 20.2. The maximum atomic E-state index is 12.7. The molecule has 0 radical (unpaired) electrons. The molecule has 0 atom stereocenters. The average Bonchev–Trinajstić information content (AvgIpc) is 2.59. The summed E-state index contributed by atoms with van der Waals surface area (Å²) in [5.74, 6) is -0.937. The minimum absolute atomic E-state index is 0.254. The Morgan fingerprint density at radius 1 is 0.875 bits per heavy atom. The molecule has 0 bridgehead atoms. The van der Waals surface area contributed by atoms with Gasteiger partial charge in [0.05, 0.1) is 13.2 Å². The van der Waals surface area contributed by atoms with Crippen LogP contribution in [0.4, 0.5) is 0 Å². The van der Waals surface area contributed by atoms with Crippen LogP contribution in [0.15, 0.2) is 30.3 Å². The van der Waals surface area contributed by atoms with Gasteiger partial charge in [0, 0.05) is 0 Å². The molecule has 0 saturated carbocycles. The molecule has 4 nitrogen and oxygen atoms in total. The van der Waals surface area contributed by atoms with Crippen LogP contribution in [-0.2, 0) is 25.5 Å². The summed E-state index contributed by atoms with van der Waals surface area (Å²) >= 11 is 0. The van der Waals surface area contributed by atoms with E-state index in [0.29, 0.717) is 12.8 Å². The second-order valence-electron chi connectivity index (χ2n) is 6.00. The number of rotatable bonds is 11. The van der Waals surface area contributed by atoms with E-state index in [1.54, 1.807) is 13.8 Å². The van der Waals surface area contributed by atoms with Crippen LogP contribution < -0.4 is 0 Å². The van der Waals surface area contributed by atoms with Gasteiger partial charge in [-0.15, -0.1) is 0 Å². The molecular weight excluding hydrogens is 304 g/mol. The molecule has 0 fully saturated rings. The van der Waals surface area contributed by atoms with Crippen molar-refractivity contribution >= 4 is 11.9 Å². The first-order chi connectivity index (χ1) is 11.6. The van der Waals surface area contributed by atoms with Crippen molar-refractivity contribution in [3.05, 3.63) is 35.9 Å². The predicted molar refractivity (Wildman–Crippen MR) is 94.6 cm³/mol. The molecule has 0 aliphatic heterocycles. The number of esters is 2. The third-order valence-corrected chi connectivity index (χ3v) is 4.14. The van der Waals surface area contributed by atoms with Crippen LogP contribution in [0.3, 0.4) is 0 Å². The number of hydrogen-bond donors (Lipinski definition) is 0. The number of hydrogen-bond acceptors (Lipinski definition) is 4. The average molecular weight is 334 g/mol. The lowest BCUT2D eigenvalue weighted by atomic mass is 9.77. The van der Waals surface area contributed by atoms with Crippen molar-refractivity contribution in [2.45, 2.75) is 59.3 Å². The van der Waals surface area contributed by atoms with Gasteiger partial charge in [-0.1, -0.05) is 62.9 Å². The molecule has 134 valence electrons. The monoisotopic (exact) mass is 334 g/mol. The van der Waals surface area contributed by atoms with Gasteiger partial charge in [-0.05, 0) is 32.3 Å². The molecule has 0 saturated heterocycles. The van der Waals surface area contributed by atoms with Crippen LogP contribution in [-0.4, -0.2) is 25.2 Å². The van der Waals surface area contributed by atoms with Crippen LogP contribution in [0.1, 0.15) is 58.4 Å². The maximum Gasteiger partial charge on any atom is 0.323 e. The molecule has 0 aliphatic rings. The summed E-state index contributed by atoms with van der Waals surface area (Å²) in [6.07, 6.45) is 4.76. The summed E-state index contributed by atoms with van der Waals surface area (Å²) < 4.78 is 10.5. The SMILES string of the molecule is CCCCCCC(Cc1ccccc1)(C(=O)OCC)C(=O)OCC. The third kappa shape index (κ3) is 5.66. The van der Waals surface area contributed by atoms with Gasteiger partial charge in [0.25, 0.3) is 0 Å². The molecule has 0 amide bonds. The quantitative estimate of drug-likeness (QED) is 0.344. The van der Waals surface area contributed by atoms with Crippen LogP contribution in [0.25, 0.3) is 0 Å². The number of unbranched alkanes of at least 4 members (excludes halogenated alkanes) is 3. The Morgan fingerprint density at radius 2 is 1.46 bits per heavy atom. The summed E-state index contributed by atoms with van der Waals surface area (Å²) in [5, 5.41) is 0. The molecule has 1 aromatic carbocycles. The highest BCUT2D eigenvalue weighted by molar-refractivity contribution is 6.00. The van der Waals surface area contributed by atoms with E-state index in [2.05, 4.69) is 6.92 Å². The first-order valence-electron chi connectivity index (χ1n) is 8.99. The summed E-state index contributed by atoms with van der Waals surface area (Å²) in [7, 11) is 0. The molecule has 0 N–H and O–H groups in total.